The van der Waals surface area contributed by atoms with Gasteiger partial charge in [0.25, 0.3) is 0 Å². The third-order valence-corrected chi connectivity index (χ3v) is 4.83. The zero-order valence-electron chi connectivity index (χ0n) is 10.2. The molecule has 2 aliphatic rings. The molecular weight excluding hydrogens is 228 g/mol. The molecule has 0 aromatic heterocycles. The highest BCUT2D eigenvalue weighted by Crippen LogP contribution is 2.45. The first-order valence-electron chi connectivity index (χ1n) is 5.83. The van der Waals surface area contributed by atoms with Crippen molar-refractivity contribution in [1.29, 1.82) is 0 Å². The molecule has 0 aromatic carbocycles. The molecule has 0 unspecified atom stereocenters. The molecule has 0 bridgehead atoms. The molecule has 16 heavy (non-hydrogen) atoms. The first-order chi connectivity index (χ1) is 7.23. The Morgan fingerprint density at radius 1 is 1.19 bits per heavy atom. The van der Waals surface area contributed by atoms with Crippen molar-refractivity contribution in [3.8, 4) is 0 Å². The maximum absolute atomic E-state index is 11.1. The summed E-state index contributed by atoms with van der Waals surface area (Å²) in [7, 11) is -3.71. The Morgan fingerprint density at radius 3 is 2.12 bits per heavy atom. The van der Waals surface area contributed by atoms with E-state index < -0.39 is 16.0 Å². The lowest BCUT2D eigenvalue weighted by atomic mass is 9.68. The van der Waals surface area contributed by atoms with Gasteiger partial charge < -0.3 is 0 Å². The van der Waals surface area contributed by atoms with E-state index >= 15 is 0 Å². The number of hydrogen-bond donors (Lipinski definition) is 0. The van der Waals surface area contributed by atoms with Crippen LogP contribution in [0.1, 0.15) is 46.5 Å². The first kappa shape index (κ1) is 12.3. The van der Waals surface area contributed by atoms with Crippen molar-refractivity contribution in [2.75, 3.05) is 6.61 Å². The highest BCUT2D eigenvalue weighted by Gasteiger charge is 2.48. The van der Waals surface area contributed by atoms with E-state index in [-0.39, 0.29) is 6.61 Å². The molecule has 0 amide bonds. The van der Waals surface area contributed by atoms with Gasteiger partial charge in [-0.2, -0.15) is 8.42 Å². The summed E-state index contributed by atoms with van der Waals surface area (Å²) in [4.78, 5) is 0. The molecule has 1 heterocycles. The highest BCUT2D eigenvalue weighted by molar-refractivity contribution is 7.82. The van der Waals surface area contributed by atoms with E-state index in [9.17, 15) is 8.42 Å². The summed E-state index contributed by atoms with van der Waals surface area (Å²) in [6.45, 7) is 6.90. The third kappa shape index (κ3) is 2.41. The Morgan fingerprint density at radius 2 is 1.75 bits per heavy atom. The van der Waals surface area contributed by atoms with Crippen LogP contribution in [0.5, 0.6) is 0 Å². The zero-order chi connectivity index (χ0) is 12.0. The van der Waals surface area contributed by atoms with Crippen LogP contribution in [0.2, 0.25) is 0 Å². The third-order valence-electron chi connectivity index (χ3n) is 3.87. The minimum Gasteiger partial charge on any atom is -0.245 e. The molecule has 1 saturated heterocycles. The van der Waals surface area contributed by atoms with Gasteiger partial charge in [-0.15, -0.1) is 0 Å². The Labute approximate surface area is 97.6 Å². The summed E-state index contributed by atoms with van der Waals surface area (Å²) in [6, 6.07) is 0. The summed E-state index contributed by atoms with van der Waals surface area (Å²) >= 11 is 0. The van der Waals surface area contributed by atoms with Crippen molar-refractivity contribution in [3.05, 3.63) is 0 Å². The molecule has 1 aliphatic heterocycles. The summed E-state index contributed by atoms with van der Waals surface area (Å²) < 4.78 is 32.1. The molecule has 1 spiro atoms. The summed E-state index contributed by atoms with van der Waals surface area (Å²) in [5.41, 5.74) is -0.263. The van der Waals surface area contributed by atoms with E-state index in [0.29, 0.717) is 11.3 Å². The maximum Gasteiger partial charge on any atom is 0.400 e. The van der Waals surface area contributed by atoms with Crippen LogP contribution in [0.4, 0.5) is 0 Å². The highest BCUT2D eigenvalue weighted by atomic mass is 32.3. The monoisotopic (exact) mass is 248 g/mol. The molecule has 2 fully saturated rings. The van der Waals surface area contributed by atoms with Crippen molar-refractivity contribution in [1.82, 2.24) is 0 Å². The van der Waals surface area contributed by atoms with Crippen molar-refractivity contribution < 1.29 is 16.8 Å². The fourth-order valence-electron chi connectivity index (χ4n) is 2.68. The predicted octanol–water partition coefficient (Wildman–Crippen LogP) is 2.25. The zero-order valence-corrected chi connectivity index (χ0v) is 11.0. The Balaban J connectivity index is 2.01. The lowest BCUT2D eigenvalue weighted by molar-refractivity contribution is 0.0135. The summed E-state index contributed by atoms with van der Waals surface area (Å²) in [5.74, 6) is 0.644. The lowest BCUT2D eigenvalue weighted by Gasteiger charge is -2.39. The van der Waals surface area contributed by atoms with Crippen LogP contribution in [0.15, 0.2) is 0 Å². The molecule has 94 valence electrons. The van der Waals surface area contributed by atoms with Crippen molar-refractivity contribution >= 4 is 10.4 Å². The van der Waals surface area contributed by atoms with Crippen LogP contribution >= 0.6 is 0 Å². The van der Waals surface area contributed by atoms with Crippen LogP contribution < -0.4 is 0 Å². The lowest BCUT2D eigenvalue weighted by Crippen LogP contribution is -2.39. The second-order valence-electron chi connectivity index (χ2n) is 6.08. The minimum absolute atomic E-state index is 0.201. The standard InChI is InChI=1S/C11H20O4S/c1-10(2,3)9-4-6-11(7-5-9)8-14-16(12,13)15-11/h9H,4-8H2,1-3H3. The van der Waals surface area contributed by atoms with Crippen LogP contribution in [-0.2, 0) is 18.8 Å². The van der Waals surface area contributed by atoms with Crippen LogP contribution in [-0.4, -0.2) is 20.6 Å². The molecule has 2 rings (SSSR count). The summed E-state index contributed by atoms with van der Waals surface area (Å²) in [5, 5.41) is 0. The average molecular weight is 248 g/mol. The number of rotatable bonds is 0. The Kier molecular flexibility index (Phi) is 2.84. The van der Waals surface area contributed by atoms with Gasteiger partial charge in [0.05, 0.1) is 6.61 Å². The molecular formula is C11H20O4S. The largest absolute Gasteiger partial charge is 0.400 e. The van der Waals surface area contributed by atoms with Gasteiger partial charge in [-0.1, -0.05) is 20.8 Å². The molecule has 5 heteroatoms. The van der Waals surface area contributed by atoms with Crippen LogP contribution in [0.25, 0.3) is 0 Å². The van der Waals surface area contributed by atoms with E-state index in [2.05, 4.69) is 20.8 Å². The van der Waals surface area contributed by atoms with Crippen LogP contribution in [0, 0.1) is 11.3 Å². The molecule has 0 radical (unpaired) electrons. The quantitative estimate of drug-likeness (QED) is 0.660. The Hall–Kier alpha value is -0.130. The predicted molar refractivity (Wildman–Crippen MR) is 60.1 cm³/mol. The number of hydrogen-bond acceptors (Lipinski definition) is 4. The van der Waals surface area contributed by atoms with Crippen molar-refractivity contribution in [2.45, 2.75) is 52.1 Å². The van der Waals surface area contributed by atoms with Gasteiger partial charge in [-0.25, -0.2) is 8.37 Å². The smallest absolute Gasteiger partial charge is 0.245 e. The second-order valence-corrected chi connectivity index (χ2v) is 7.30. The van der Waals surface area contributed by atoms with Crippen LogP contribution in [0.3, 0.4) is 0 Å². The van der Waals surface area contributed by atoms with E-state index in [0.717, 1.165) is 25.7 Å². The molecule has 0 N–H and O–H groups in total. The van der Waals surface area contributed by atoms with Gasteiger partial charge in [0.15, 0.2) is 0 Å². The fraction of sp³-hybridized carbons (Fsp3) is 1.00. The van der Waals surface area contributed by atoms with Crippen molar-refractivity contribution in [2.24, 2.45) is 11.3 Å². The Bertz CT molecular complexity index is 358. The second kappa shape index (κ2) is 3.68. The van der Waals surface area contributed by atoms with Gasteiger partial charge in [-0.05, 0) is 37.0 Å². The van der Waals surface area contributed by atoms with Gasteiger partial charge in [0.1, 0.15) is 5.60 Å². The van der Waals surface area contributed by atoms with E-state index in [4.69, 9.17) is 8.37 Å². The maximum atomic E-state index is 11.1. The fourth-order valence-corrected chi connectivity index (χ4v) is 3.74. The normalized spacial score (nSPS) is 39.1. The van der Waals surface area contributed by atoms with E-state index in [1.807, 2.05) is 0 Å². The summed E-state index contributed by atoms with van der Waals surface area (Å²) in [6.07, 6.45) is 3.60. The van der Waals surface area contributed by atoms with Gasteiger partial charge in [0, 0.05) is 0 Å². The molecule has 0 atom stereocenters. The van der Waals surface area contributed by atoms with Gasteiger partial charge in [0.2, 0.25) is 0 Å². The average Bonchev–Trinajstić information content (AvgIpc) is 2.41. The molecule has 0 aromatic rings. The minimum atomic E-state index is -3.71. The SMILES string of the molecule is CC(C)(C)C1CCC2(CC1)COS(=O)(=O)O2. The topological polar surface area (TPSA) is 52.6 Å². The molecule has 1 saturated carbocycles. The molecule has 4 nitrogen and oxygen atoms in total. The first-order valence-corrected chi connectivity index (χ1v) is 7.16. The van der Waals surface area contributed by atoms with E-state index in [1.165, 1.54) is 0 Å². The van der Waals surface area contributed by atoms with Crippen molar-refractivity contribution in [3.63, 3.8) is 0 Å². The molecule has 1 aliphatic carbocycles. The van der Waals surface area contributed by atoms with E-state index in [1.54, 1.807) is 0 Å². The van der Waals surface area contributed by atoms with Gasteiger partial charge in [-0.3, -0.25) is 0 Å². The van der Waals surface area contributed by atoms with Gasteiger partial charge >= 0.3 is 10.4 Å².